The number of aromatic nitrogens is 1. The van der Waals surface area contributed by atoms with Crippen LogP contribution in [0.2, 0.25) is 10.2 Å². The number of nitrogens with two attached hydrogens (primary N) is 1. The van der Waals surface area contributed by atoms with Crippen molar-refractivity contribution in [2.45, 2.75) is 13.0 Å². The van der Waals surface area contributed by atoms with Crippen LogP contribution in [0.3, 0.4) is 0 Å². The Bertz CT molecular complexity index is 573. The molecule has 100 valence electrons. The fourth-order valence-electron chi connectivity index (χ4n) is 1.67. The first-order valence-electron chi connectivity index (χ1n) is 5.67. The first-order valence-corrected chi connectivity index (χ1v) is 6.43. The number of carbonyl (C=O) groups is 1. The Morgan fingerprint density at radius 1 is 1.32 bits per heavy atom. The van der Waals surface area contributed by atoms with Gasteiger partial charge in [0.25, 0.3) is 5.91 Å². The standard InChI is InChI=1S/C13H13Cl2N3O/c1-7(8-2-4-9(16)5-3-8)17-13(19)11-6-10(14)12(15)18-11/h2-7,18H,16H2,1H3,(H,17,19). The number of rotatable bonds is 3. The zero-order valence-corrected chi connectivity index (χ0v) is 11.7. The van der Waals surface area contributed by atoms with E-state index in [1.165, 1.54) is 6.07 Å². The largest absolute Gasteiger partial charge is 0.399 e. The number of aromatic amines is 1. The number of H-pyrrole nitrogens is 1. The third kappa shape index (κ3) is 3.22. The molecule has 1 amide bonds. The van der Waals surface area contributed by atoms with E-state index >= 15 is 0 Å². The molecule has 1 aromatic carbocycles. The summed E-state index contributed by atoms with van der Waals surface area (Å²) in [6, 6.07) is 8.67. The number of hydrogen-bond acceptors (Lipinski definition) is 2. The number of halogens is 2. The maximum atomic E-state index is 12.0. The third-order valence-corrected chi connectivity index (χ3v) is 3.45. The second-order valence-electron chi connectivity index (χ2n) is 4.21. The molecule has 1 atom stereocenters. The van der Waals surface area contributed by atoms with Crippen molar-refractivity contribution in [2.75, 3.05) is 5.73 Å². The number of benzene rings is 1. The van der Waals surface area contributed by atoms with Crippen LogP contribution in [0.25, 0.3) is 0 Å². The molecule has 0 aliphatic heterocycles. The average molecular weight is 298 g/mol. The van der Waals surface area contributed by atoms with E-state index in [1.54, 1.807) is 12.1 Å². The van der Waals surface area contributed by atoms with Gasteiger partial charge >= 0.3 is 0 Å². The average Bonchev–Trinajstić information content (AvgIpc) is 2.70. The Labute approximate surface area is 120 Å². The van der Waals surface area contributed by atoms with Gasteiger partial charge in [-0.2, -0.15) is 0 Å². The normalized spacial score (nSPS) is 12.2. The smallest absolute Gasteiger partial charge is 0.268 e. The van der Waals surface area contributed by atoms with Crippen molar-refractivity contribution >= 4 is 34.8 Å². The number of carbonyl (C=O) groups excluding carboxylic acids is 1. The van der Waals surface area contributed by atoms with Gasteiger partial charge < -0.3 is 16.0 Å². The van der Waals surface area contributed by atoms with Crippen LogP contribution in [-0.2, 0) is 0 Å². The minimum atomic E-state index is -0.266. The zero-order valence-electron chi connectivity index (χ0n) is 10.2. The highest BCUT2D eigenvalue weighted by Gasteiger charge is 2.14. The summed E-state index contributed by atoms with van der Waals surface area (Å²) in [5.74, 6) is -0.266. The van der Waals surface area contributed by atoms with Crippen LogP contribution in [0.15, 0.2) is 30.3 Å². The highest BCUT2D eigenvalue weighted by atomic mass is 35.5. The summed E-state index contributed by atoms with van der Waals surface area (Å²) >= 11 is 11.6. The topological polar surface area (TPSA) is 70.9 Å². The molecule has 2 rings (SSSR count). The molecule has 0 saturated heterocycles. The van der Waals surface area contributed by atoms with Crippen molar-refractivity contribution in [3.05, 3.63) is 51.8 Å². The van der Waals surface area contributed by atoms with Gasteiger partial charge in [-0.05, 0) is 30.7 Å². The zero-order chi connectivity index (χ0) is 14.0. The number of nitrogens with one attached hydrogen (secondary N) is 2. The molecule has 0 saturated carbocycles. The van der Waals surface area contributed by atoms with Gasteiger partial charge in [0.05, 0.1) is 11.1 Å². The van der Waals surface area contributed by atoms with Crippen molar-refractivity contribution in [2.24, 2.45) is 0 Å². The van der Waals surface area contributed by atoms with Gasteiger partial charge in [-0.15, -0.1) is 0 Å². The molecule has 1 aromatic heterocycles. The minimum absolute atomic E-state index is 0.144. The summed E-state index contributed by atoms with van der Waals surface area (Å²) in [4.78, 5) is 14.7. The van der Waals surface area contributed by atoms with E-state index in [0.29, 0.717) is 16.4 Å². The molecule has 4 nitrogen and oxygen atoms in total. The van der Waals surface area contributed by atoms with Crippen molar-refractivity contribution in [3.8, 4) is 0 Å². The number of nitrogen functional groups attached to an aromatic ring is 1. The molecular formula is C13H13Cl2N3O. The van der Waals surface area contributed by atoms with E-state index in [0.717, 1.165) is 5.56 Å². The lowest BCUT2D eigenvalue weighted by Crippen LogP contribution is -2.26. The molecule has 19 heavy (non-hydrogen) atoms. The molecule has 4 N–H and O–H groups in total. The summed E-state index contributed by atoms with van der Waals surface area (Å²) in [5.41, 5.74) is 7.60. The molecule has 0 spiro atoms. The first-order chi connectivity index (χ1) is 8.97. The molecule has 1 unspecified atom stereocenters. The van der Waals surface area contributed by atoms with Gasteiger partial charge in [0.1, 0.15) is 10.8 Å². The lowest BCUT2D eigenvalue weighted by atomic mass is 10.1. The lowest BCUT2D eigenvalue weighted by Gasteiger charge is -2.13. The molecule has 0 aliphatic carbocycles. The molecule has 0 aliphatic rings. The summed E-state index contributed by atoms with van der Waals surface area (Å²) in [6.07, 6.45) is 0. The Morgan fingerprint density at radius 3 is 2.47 bits per heavy atom. The molecule has 1 heterocycles. The predicted octanol–water partition coefficient (Wildman–Crippen LogP) is 3.39. The van der Waals surface area contributed by atoms with Gasteiger partial charge in [0, 0.05) is 5.69 Å². The number of anilines is 1. The Kier molecular flexibility index (Phi) is 4.02. The molecule has 2 aromatic rings. The van der Waals surface area contributed by atoms with E-state index in [1.807, 2.05) is 19.1 Å². The van der Waals surface area contributed by atoms with E-state index in [9.17, 15) is 4.79 Å². The maximum Gasteiger partial charge on any atom is 0.268 e. The van der Waals surface area contributed by atoms with Gasteiger partial charge in [-0.25, -0.2) is 0 Å². The summed E-state index contributed by atoms with van der Waals surface area (Å²) < 4.78 is 0. The molecule has 0 bridgehead atoms. The van der Waals surface area contributed by atoms with Crippen molar-refractivity contribution in [3.63, 3.8) is 0 Å². The van der Waals surface area contributed by atoms with Gasteiger partial charge in [0.15, 0.2) is 0 Å². The number of hydrogen-bond donors (Lipinski definition) is 3. The molecular weight excluding hydrogens is 285 g/mol. The van der Waals surface area contributed by atoms with E-state index < -0.39 is 0 Å². The highest BCUT2D eigenvalue weighted by Crippen LogP contribution is 2.22. The van der Waals surface area contributed by atoms with E-state index in [-0.39, 0.29) is 17.1 Å². The quantitative estimate of drug-likeness (QED) is 0.760. The monoisotopic (exact) mass is 297 g/mol. The minimum Gasteiger partial charge on any atom is -0.399 e. The van der Waals surface area contributed by atoms with Crippen molar-refractivity contribution in [1.82, 2.24) is 10.3 Å². The van der Waals surface area contributed by atoms with Gasteiger partial charge in [-0.3, -0.25) is 4.79 Å². The van der Waals surface area contributed by atoms with E-state index in [4.69, 9.17) is 28.9 Å². The number of amides is 1. The Morgan fingerprint density at radius 2 is 1.95 bits per heavy atom. The van der Waals surface area contributed by atoms with Crippen LogP contribution in [0, 0.1) is 0 Å². The Balaban J connectivity index is 2.08. The van der Waals surface area contributed by atoms with E-state index in [2.05, 4.69) is 10.3 Å². The summed E-state index contributed by atoms with van der Waals surface area (Å²) in [5, 5.41) is 3.43. The second kappa shape index (κ2) is 5.55. The summed E-state index contributed by atoms with van der Waals surface area (Å²) in [7, 11) is 0. The second-order valence-corrected chi connectivity index (χ2v) is 4.99. The van der Waals surface area contributed by atoms with Gasteiger partial charge in [-0.1, -0.05) is 35.3 Å². The van der Waals surface area contributed by atoms with Crippen molar-refractivity contribution in [1.29, 1.82) is 0 Å². The fraction of sp³-hybridized carbons (Fsp3) is 0.154. The van der Waals surface area contributed by atoms with Crippen LogP contribution in [0.4, 0.5) is 5.69 Å². The molecule has 6 heteroatoms. The summed E-state index contributed by atoms with van der Waals surface area (Å²) in [6.45, 7) is 1.88. The van der Waals surface area contributed by atoms with Crippen LogP contribution in [0.1, 0.15) is 29.0 Å². The maximum absolute atomic E-state index is 12.0. The van der Waals surface area contributed by atoms with Gasteiger partial charge in [0.2, 0.25) is 0 Å². The van der Waals surface area contributed by atoms with Crippen LogP contribution < -0.4 is 11.1 Å². The fourth-order valence-corrected chi connectivity index (χ4v) is 1.98. The van der Waals surface area contributed by atoms with Crippen LogP contribution in [-0.4, -0.2) is 10.9 Å². The lowest BCUT2D eigenvalue weighted by molar-refractivity contribution is 0.0935. The Hall–Kier alpha value is -1.65. The molecule has 0 radical (unpaired) electrons. The van der Waals surface area contributed by atoms with Crippen LogP contribution >= 0.6 is 23.2 Å². The van der Waals surface area contributed by atoms with Crippen molar-refractivity contribution < 1.29 is 4.79 Å². The third-order valence-electron chi connectivity index (χ3n) is 2.75. The predicted molar refractivity (Wildman–Crippen MR) is 77.5 cm³/mol. The highest BCUT2D eigenvalue weighted by molar-refractivity contribution is 6.41. The SMILES string of the molecule is CC(NC(=O)c1cc(Cl)c(Cl)[nH]1)c1ccc(N)cc1. The molecule has 0 fully saturated rings. The first kappa shape index (κ1) is 13.8. The van der Waals surface area contributed by atoms with Crippen LogP contribution in [0.5, 0.6) is 0 Å².